The number of rotatable bonds is 1. The molecule has 258 valence electrons. The molecule has 0 radical (unpaired) electrons. The van der Waals surface area contributed by atoms with Crippen molar-refractivity contribution in [3.05, 3.63) is 23.8 Å². The Morgan fingerprint density at radius 1 is 0.674 bits per heavy atom. The minimum absolute atomic E-state index is 0.0375. The van der Waals surface area contributed by atoms with Crippen molar-refractivity contribution < 1.29 is 40.9 Å². The number of hydrogen-bond acceptors (Lipinski definition) is 8. The number of fused-ring (bicyclic) bond motifs is 10. The molecule has 6 saturated carbocycles. The van der Waals surface area contributed by atoms with Gasteiger partial charge in [0.2, 0.25) is 0 Å². The minimum Gasteiger partial charge on any atom is -0.393 e. The highest BCUT2D eigenvalue weighted by molar-refractivity contribution is 5.34. The van der Waals surface area contributed by atoms with Crippen LogP contribution in [0.15, 0.2) is 23.8 Å². The van der Waals surface area contributed by atoms with Gasteiger partial charge in [0.1, 0.15) is 0 Å². The van der Waals surface area contributed by atoms with E-state index in [0.717, 1.165) is 18.4 Å². The quantitative estimate of drug-likeness (QED) is 0.203. The lowest BCUT2D eigenvalue weighted by atomic mass is 9.39. The molecule has 10 unspecified atom stereocenters. The Bertz CT molecular complexity index is 1320. The first-order valence-electron chi connectivity index (χ1n) is 18.4. The summed E-state index contributed by atoms with van der Waals surface area (Å²) in [6.07, 6.45) is 6.54. The molecule has 20 atom stereocenters. The molecule has 0 amide bonds. The largest absolute Gasteiger partial charge is 0.393 e. The van der Waals surface area contributed by atoms with Crippen LogP contribution in [0.2, 0.25) is 0 Å². The standard InChI is InChI=1S/C38H58O8/c1-34-8-5-20(39)11-18(34)13-26(41)31-22(34)7-10-36(3)25(31)17-30(44)38(36,46)29-15-21(40)12-19-14-27(42)32-23(37(19,29)4)6-9-35(2)24(32)16-28(43)33(35)45/h5,8,12,18,20-33,39-46H,6-7,9-11,13-17H2,1-4H3/t18?,20?,21?,22-,23-,24+,25+,26?,27?,28?,29?,30?,31-,32-,33?,34+,35+,36+,37+,38?/m1/s1. The monoisotopic (exact) mass is 642 g/mol. The van der Waals surface area contributed by atoms with E-state index in [0.29, 0.717) is 51.4 Å². The minimum atomic E-state index is -1.52. The zero-order valence-corrected chi connectivity index (χ0v) is 28.0. The molecule has 6 fully saturated rings. The average molecular weight is 643 g/mol. The second-order valence-electron chi connectivity index (χ2n) is 18.5. The molecular weight excluding hydrogens is 584 g/mol. The number of allylic oxidation sites excluding steroid dienone is 1. The van der Waals surface area contributed by atoms with Crippen LogP contribution in [0.25, 0.3) is 0 Å². The molecular formula is C38H58O8. The van der Waals surface area contributed by atoms with E-state index < -0.39 is 70.5 Å². The van der Waals surface area contributed by atoms with Crippen molar-refractivity contribution >= 4 is 0 Å². The lowest BCUT2D eigenvalue weighted by molar-refractivity contribution is -0.239. The van der Waals surface area contributed by atoms with Gasteiger partial charge < -0.3 is 40.9 Å². The second-order valence-corrected chi connectivity index (χ2v) is 18.5. The van der Waals surface area contributed by atoms with E-state index >= 15 is 0 Å². The van der Waals surface area contributed by atoms with Gasteiger partial charge in [0.05, 0.1) is 48.3 Å². The first kappa shape index (κ1) is 32.4. The van der Waals surface area contributed by atoms with Crippen LogP contribution in [0.3, 0.4) is 0 Å². The van der Waals surface area contributed by atoms with Crippen LogP contribution < -0.4 is 0 Å². The third-order valence-corrected chi connectivity index (χ3v) is 17.2. The third-order valence-electron chi connectivity index (χ3n) is 17.2. The van der Waals surface area contributed by atoms with Crippen LogP contribution in [0.4, 0.5) is 0 Å². The molecule has 8 aliphatic carbocycles. The third kappa shape index (κ3) is 3.80. The summed E-state index contributed by atoms with van der Waals surface area (Å²) < 4.78 is 0. The molecule has 0 heterocycles. The molecule has 0 aromatic rings. The molecule has 8 rings (SSSR count). The highest BCUT2D eigenvalue weighted by atomic mass is 16.3. The number of hydrogen-bond donors (Lipinski definition) is 8. The second kappa shape index (κ2) is 10.1. The summed E-state index contributed by atoms with van der Waals surface area (Å²) in [5.41, 5.74) is -2.49. The summed E-state index contributed by atoms with van der Waals surface area (Å²) in [5.74, 6) is -0.549. The van der Waals surface area contributed by atoms with Crippen LogP contribution >= 0.6 is 0 Å². The summed E-state index contributed by atoms with van der Waals surface area (Å²) in [5, 5.41) is 92.7. The lowest BCUT2D eigenvalue weighted by Crippen LogP contribution is -2.68. The van der Waals surface area contributed by atoms with E-state index in [1.807, 2.05) is 12.2 Å². The van der Waals surface area contributed by atoms with Gasteiger partial charge in [0.25, 0.3) is 0 Å². The van der Waals surface area contributed by atoms with Gasteiger partial charge in [-0.3, -0.25) is 0 Å². The molecule has 46 heavy (non-hydrogen) atoms. The summed E-state index contributed by atoms with van der Waals surface area (Å²) in [4.78, 5) is 0. The van der Waals surface area contributed by atoms with Gasteiger partial charge in [-0.25, -0.2) is 0 Å². The van der Waals surface area contributed by atoms with Crippen LogP contribution in [0, 0.1) is 69.0 Å². The molecule has 8 nitrogen and oxygen atoms in total. The van der Waals surface area contributed by atoms with Gasteiger partial charge in [0.15, 0.2) is 0 Å². The number of aliphatic hydroxyl groups excluding tert-OH is 7. The summed E-state index contributed by atoms with van der Waals surface area (Å²) in [6.45, 7) is 8.67. The van der Waals surface area contributed by atoms with Gasteiger partial charge in [0, 0.05) is 11.3 Å². The molecule has 0 aromatic carbocycles. The van der Waals surface area contributed by atoms with Gasteiger partial charge in [-0.15, -0.1) is 0 Å². The van der Waals surface area contributed by atoms with Crippen molar-refractivity contribution in [1.82, 2.24) is 0 Å². The normalized spacial score (nSPS) is 63.9. The molecule has 0 spiro atoms. The van der Waals surface area contributed by atoms with Gasteiger partial charge in [-0.1, -0.05) is 51.5 Å². The first-order chi connectivity index (χ1) is 21.5. The van der Waals surface area contributed by atoms with Gasteiger partial charge in [-0.05, 0) is 122 Å². The van der Waals surface area contributed by atoms with Crippen molar-refractivity contribution in [3.8, 4) is 0 Å². The van der Waals surface area contributed by atoms with E-state index in [-0.39, 0.29) is 46.8 Å². The Morgan fingerprint density at radius 3 is 2.11 bits per heavy atom. The Morgan fingerprint density at radius 2 is 1.37 bits per heavy atom. The maximum Gasteiger partial charge on any atom is 0.0998 e. The Kier molecular flexibility index (Phi) is 7.12. The summed E-state index contributed by atoms with van der Waals surface area (Å²) in [6, 6.07) is 0. The first-order valence-corrected chi connectivity index (χ1v) is 18.4. The zero-order chi connectivity index (χ0) is 32.9. The van der Waals surface area contributed by atoms with Crippen molar-refractivity contribution in [2.45, 2.75) is 140 Å². The molecule has 8 aliphatic rings. The fourth-order valence-corrected chi connectivity index (χ4v) is 14.8. The van der Waals surface area contributed by atoms with Crippen molar-refractivity contribution in [2.24, 2.45) is 69.0 Å². The highest BCUT2D eigenvalue weighted by Gasteiger charge is 2.75. The molecule has 8 heteroatoms. The topological polar surface area (TPSA) is 162 Å². The van der Waals surface area contributed by atoms with E-state index in [4.69, 9.17) is 0 Å². The van der Waals surface area contributed by atoms with Gasteiger partial charge >= 0.3 is 0 Å². The Balaban J connectivity index is 1.19. The zero-order valence-electron chi connectivity index (χ0n) is 28.0. The predicted octanol–water partition coefficient (Wildman–Crippen LogP) is 2.69. The average Bonchev–Trinajstić information content (AvgIpc) is 3.35. The van der Waals surface area contributed by atoms with E-state index in [1.165, 1.54) is 0 Å². The Hall–Kier alpha value is -0.840. The van der Waals surface area contributed by atoms with Crippen LogP contribution in [0.1, 0.15) is 91.9 Å². The van der Waals surface area contributed by atoms with Crippen LogP contribution in [-0.4, -0.2) is 89.2 Å². The van der Waals surface area contributed by atoms with E-state index in [9.17, 15) is 40.9 Å². The van der Waals surface area contributed by atoms with E-state index in [1.54, 1.807) is 0 Å². The van der Waals surface area contributed by atoms with Crippen molar-refractivity contribution in [1.29, 1.82) is 0 Å². The smallest absolute Gasteiger partial charge is 0.0998 e. The summed E-state index contributed by atoms with van der Waals surface area (Å²) >= 11 is 0. The molecule has 0 aliphatic heterocycles. The Labute approximate surface area is 273 Å². The van der Waals surface area contributed by atoms with Crippen LogP contribution in [0.5, 0.6) is 0 Å². The lowest BCUT2D eigenvalue weighted by Gasteiger charge is -2.66. The van der Waals surface area contributed by atoms with Crippen molar-refractivity contribution in [2.75, 3.05) is 0 Å². The molecule has 0 bridgehead atoms. The fourth-order valence-electron chi connectivity index (χ4n) is 14.8. The van der Waals surface area contributed by atoms with Crippen LogP contribution in [-0.2, 0) is 0 Å². The number of aliphatic hydroxyl groups is 8. The molecule has 8 N–H and O–H groups in total. The fraction of sp³-hybridized carbons (Fsp3) is 0.895. The molecule has 0 aromatic heterocycles. The van der Waals surface area contributed by atoms with E-state index in [2.05, 4.69) is 33.8 Å². The van der Waals surface area contributed by atoms with Crippen molar-refractivity contribution in [3.63, 3.8) is 0 Å². The SMILES string of the molecule is C[C@]12C=CC(O)CC1CC(O)[C@@H]1[C@H]2CC[C@@]2(C)[C@H]1CC(O)C2(O)C1CC(O)C=C2CC(O)[C@@H]3[C@@H](CC[C@]4(C)C(O)C(O)C[C@@H]34)[C@]21C. The molecule has 0 saturated heterocycles. The van der Waals surface area contributed by atoms with Gasteiger partial charge in [-0.2, -0.15) is 0 Å². The summed E-state index contributed by atoms with van der Waals surface area (Å²) in [7, 11) is 0. The maximum atomic E-state index is 13.4. The highest BCUT2D eigenvalue weighted by Crippen LogP contribution is 2.74. The maximum absolute atomic E-state index is 13.4. The predicted molar refractivity (Wildman–Crippen MR) is 171 cm³/mol.